The summed E-state index contributed by atoms with van der Waals surface area (Å²) in [5.74, 6) is -5.62. The highest BCUT2D eigenvalue weighted by molar-refractivity contribution is 7.91. The summed E-state index contributed by atoms with van der Waals surface area (Å²) < 4.78 is 94.2. The van der Waals surface area contributed by atoms with Crippen molar-refractivity contribution in [3.63, 3.8) is 0 Å². The lowest BCUT2D eigenvalue weighted by Gasteiger charge is -2.14. The molecule has 0 spiro atoms. The summed E-state index contributed by atoms with van der Waals surface area (Å²) >= 11 is 0. The molecular weight excluding hydrogens is 425 g/mol. The van der Waals surface area contributed by atoms with Crippen molar-refractivity contribution in [2.45, 2.75) is 9.79 Å². The van der Waals surface area contributed by atoms with Crippen LogP contribution in [0.15, 0.2) is 70.6 Å². The average molecular weight is 435 g/mol. The van der Waals surface area contributed by atoms with Gasteiger partial charge in [0.05, 0.1) is 15.3 Å². The first-order valence-corrected chi connectivity index (χ1v) is 9.90. The van der Waals surface area contributed by atoms with E-state index in [2.05, 4.69) is 4.98 Å². The molecule has 0 unspecified atom stereocenters. The van der Waals surface area contributed by atoms with Crippen molar-refractivity contribution in [3.8, 4) is 11.1 Å². The molecule has 3 nitrogen and oxygen atoms in total. The monoisotopic (exact) mass is 435 g/mol. The number of halogens is 5. The number of sulfone groups is 1. The molecule has 0 N–H and O–H groups in total. The van der Waals surface area contributed by atoms with Gasteiger partial charge in [0.25, 0.3) is 0 Å². The van der Waals surface area contributed by atoms with Crippen LogP contribution in [0.4, 0.5) is 22.0 Å². The zero-order valence-electron chi connectivity index (χ0n) is 14.8. The predicted octanol–water partition coefficient (Wildman–Crippen LogP) is 5.43. The third-order valence-electron chi connectivity index (χ3n) is 4.50. The molecule has 0 aliphatic carbocycles. The maximum absolute atomic E-state index is 13.9. The molecule has 30 heavy (non-hydrogen) atoms. The number of aromatic nitrogens is 1. The van der Waals surface area contributed by atoms with Gasteiger partial charge in [-0.05, 0) is 48.0 Å². The minimum Gasteiger partial charge on any atom is -0.255 e. The minimum atomic E-state index is -4.46. The van der Waals surface area contributed by atoms with E-state index in [9.17, 15) is 30.4 Å². The lowest BCUT2D eigenvalue weighted by Crippen LogP contribution is -2.07. The number of fused-ring (bicyclic) bond motifs is 1. The van der Waals surface area contributed by atoms with Gasteiger partial charge in [-0.1, -0.05) is 6.07 Å². The van der Waals surface area contributed by atoms with Crippen LogP contribution >= 0.6 is 0 Å². The van der Waals surface area contributed by atoms with Crippen molar-refractivity contribution >= 4 is 20.7 Å². The van der Waals surface area contributed by atoms with Crippen molar-refractivity contribution in [1.29, 1.82) is 0 Å². The van der Waals surface area contributed by atoms with Crippen LogP contribution in [-0.4, -0.2) is 13.4 Å². The van der Waals surface area contributed by atoms with E-state index in [0.29, 0.717) is 12.1 Å². The summed E-state index contributed by atoms with van der Waals surface area (Å²) in [6, 6.07) is 8.15. The van der Waals surface area contributed by atoms with Crippen LogP contribution in [0.25, 0.3) is 22.0 Å². The Morgan fingerprint density at radius 1 is 0.700 bits per heavy atom. The maximum atomic E-state index is 13.9. The number of hydrogen-bond donors (Lipinski definition) is 0. The first kappa shape index (κ1) is 20.0. The Balaban J connectivity index is 2.08. The van der Waals surface area contributed by atoms with Crippen LogP contribution in [-0.2, 0) is 9.84 Å². The number of rotatable bonds is 3. The zero-order chi connectivity index (χ0) is 21.6. The van der Waals surface area contributed by atoms with Crippen LogP contribution in [0.1, 0.15) is 0 Å². The fraction of sp³-hybridized carbons (Fsp3) is 0. The topological polar surface area (TPSA) is 47.0 Å². The number of pyridine rings is 1. The van der Waals surface area contributed by atoms with Gasteiger partial charge < -0.3 is 0 Å². The van der Waals surface area contributed by atoms with Gasteiger partial charge in [-0.15, -0.1) is 0 Å². The first-order valence-electron chi connectivity index (χ1n) is 8.42. The van der Waals surface area contributed by atoms with Gasteiger partial charge >= 0.3 is 0 Å². The lowest BCUT2D eigenvalue weighted by atomic mass is 10.0. The second kappa shape index (κ2) is 7.17. The number of nitrogens with zero attached hydrogens (tertiary/aromatic N) is 1. The Morgan fingerprint density at radius 3 is 2.03 bits per heavy atom. The molecule has 0 amide bonds. The molecule has 9 heteroatoms. The molecule has 0 aliphatic rings. The molecule has 152 valence electrons. The molecule has 4 rings (SSSR count). The smallest absolute Gasteiger partial charge is 0.208 e. The molecular formula is C21H10F5NO2S. The zero-order valence-corrected chi connectivity index (χ0v) is 15.7. The fourth-order valence-corrected chi connectivity index (χ4v) is 4.52. The van der Waals surface area contributed by atoms with Crippen molar-refractivity contribution in [2.75, 3.05) is 0 Å². The van der Waals surface area contributed by atoms with E-state index in [0.717, 1.165) is 42.6 Å². The standard InChI is InChI=1S/C21H10F5NO2S/c22-12-2-4-14-19(8-12)27-10-20(21(14)11-1-5-15(23)17(25)7-11)30(28,29)13-3-6-16(24)18(26)9-13/h1-10H. The van der Waals surface area contributed by atoms with Crippen molar-refractivity contribution in [3.05, 3.63) is 89.9 Å². The van der Waals surface area contributed by atoms with Crippen molar-refractivity contribution in [2.24, 2.45) is 0 Å². The van der Waals surface area contributed by atoms with E-state index < -0.39 is 48.7 Å². The molecule has 0 saturated heterocycles. The Hall–Kier alpha value is -3.33. The van der Waals surface area contributed by atoms with E-state index in [4.69, 9.17) is 0 Å². The Labute approximate surface area is 167 Å². The van der Waals surface area contributed by atoms with Gasteiger partial charge in [-0.2, -0.15) is 0 Å². The summed E-state index contributed by atoms with van der Waals surface area (Å²) in [4.78, 5) is 2.92. The van der Waals surface area contributed by atoms with Gasteiger partial charge in [-0.25, -0.2) is 30.4 Å². The largest absolute Gasteiger partial charge is 0.255 e. The van der Waals surface area contributed by atoms with Crippen molar-refractivity contribution < 1.29 is 30.4 Å². The van der Waals surface area contributed by atoms with Crippen LogP contribution in [0.2, 0.25) is 0 Å². The third kappa shape index (κ3) is 3.30. The number of benzene rings is 3. The van der Waals surface area contributed by atoms with Crippen LogP contribution < -0.4 is 0 Å². The highest BCUT2D eigenvalue weighted by atomic mass is 32.2. The van der Waals surface area contributed by atoms with Gasteiger partial charge in [0.1, 0.15) is 5.82 Å². The number of hydrogen-bond acceptors (Lipinski definition) is 3. The lowest BCUT2D eigenvalue weighted by molar-refractivity contribution is 0.504. The van der Waals surface area contributed by atoms with Gasteiger partial charge in [0, 0.05) is 23.2 Å². The minimum absolute atomic E-state index is 0.0194. The maximum Gasteiger partial charge on any atom is 0.208 e. The molecule has 0 aliphatic heterocycles. The quantitative estimate of drug-likeness (QED) is 0.319. The molecule has 0 atom stereocenters. The highest BCUT2D eigenvalue weighted by Crippen LogP contribution is 2.37. The summed E-state index contributed by atoms with van der Waals surface area (Å²) in [6.45, 7) is 0. The third-order valence-corrected chi connectivity index (χ3v) is 6.26. The Kier molecular flexibility index (Phi) is 4.77. The highest BCUT2D eigenvalue weighted by Gasteiger charge is 2.26. The van der Waals surface area contributed by atoms with E-state index >= 15 is 0 Å². The summed E-state index contributed by atoms with van der Waals surface area (Å²) in [6.07, 6.45) is 0.912. The molecule has 4 aromatic rings. The van der Waals surface area contributed by atoms with E-state index in [1.54, 1.807) is 0 Å². The Bertz CT molecular complexity index is 1420. The van der Waals surface area contributed by atoms with Gasteiger partial charge in [0.2, 0.25) is 9.84 Å². The summed E-state index contributed by atoms with van der Waals surface area (Å²) in [5, 5.41) is 0.145. The van der Waals surface area contributed by atoms with E-state index in [1.807, 2.05) is 0 Å². The summed E-state index contributed by atoms with van der Waals surface area (Å²) in [5.41, 5.74) is -0.0309. The average Bonchev–Trinajstić information content (AvgIpc) is 2.71. The van der Waals surface area contributed by atoms with Crippen LogP contribution in [0.3, 0.4) is 0 Å². The molecule has 3 aromatic carbocycles. The molecule has 0 bridgehead atoms. The van der Waals surface area contributed by atoms with E-state index in [1.165, 1.54) is 6.07 Å². The van der Waals surface area contributed by atoms with Gasteiger partial charge in [-0.3, -0.25) is 4.98 Å². The SMILES string of the molecule is O=S(=O)(c1ccc(F)c(F)c1)c1cnc2cc(F)ccc2c1-c1ccc(F)c(F)c1. The predicted molar refractivity (Wildman–Crippen MR) is 98.9 cm³/mol. The van der Waals surface area contributed by atoms with E-state index in [-0.39, 0.29) is 22.0 Å². The van der Waals surface area contributed by atoms with Crippen LogP contribution in [0, 0.1) is 29.1 Å². The fourth-order valence-electron chi connectivity index (χ4n) is 3.07. The second-order valence-electron chi connectivity index (χ2n) is 6.37. The normalized spacial score (nSPS) is 11.8. The molecule has 1 heterocycles. The van der Waals surface area contributed by atoms with Crippen molar-refractivity contribution in [1.82, 2.24) is 4.98 Å². The Morgan fingerprint density at radius 2 is 1.37 bits per heavy atom. The van der Waals surface area contributed by atoms with Crippen LogP contribution in [0.5, 0.6) is 0 Å². The first-order chi connectivity index (χ1) is 14.2. The van der Waals surface area contributed by atoms with Gasteiger partial charge in [0.15, 0.2) is 23.3 Å². The summed E-state index contributed by atoms with van der Waals surface area (Å²) in [7, 11) is -4.46. The molecule has 0 fully saturated rings. The second-order valence-corrected chi connectivity index (χ2v) is 8.29. The molecule has 0 saturated carbocycles. The molecule has 1 aromatic heterocycles. The molecule has 0 radical (unpaired) electrons.